The second-order valence-corrected chi connectivity index (χ2v) is 19.8. The number of aryl methyl sites for hydroxylation is 1. The third-order valence-electron chi connectivity index (χ3n) is 12.4. The predicted molar refractivity (Wildman–Crippen MR) is 276 cm³/mol. The molecule has 0 amide bonds. The molecule has 8 aromatic rings. The number of aromatic amines is 1. The van der Waals surface area contributed by atoms with Crippen LogP contribution >= 0.6 is 46.7 Å². The van der Waals surface area contributed by atoms with Crippen molar-refractivity contribution in [3.8, 4) is 0 Å². The number of benzene rings is 6. The van der Waals surface area contributed by atoms with Crippen molar-refractivity contribution >= 4 is 91.8 Å². The molecule has 0 unspecified atom stereocenters. The number of carbonyl (C=O) groups is 2. The number of hydrogen-bond acceptors (Lipinski definition) is 8. The topological polar surface area (TPSA) is 93.6 Å². The number of rotatable bonds is 12. The van der Waals surface area contributed by atoms with E-state index in [2.05, 4.69) is 58.1 Å². The van der Waals surface area contributed by atoms with E-state index >= 15 is 4.39 Å². The smallest absolute Gasteiger partial charge is 0.545 e. The Morgan fingerprint density at radius 3 is 1.79 bits per heavy atom. The Labute approximate surface area is 456 Å². The minimum Gasteiger partial charge on any atom is -0.545 e. The molecule has 10 rings (SSSR count). The molecule has 0 saturated carbocycles. The zero-order chi connectivity index (χ0) is 50.5. The van der Waals surface area contributed by atoms with Crippen LogP contribution in [-0.4, -0.2) is 54.3 Å². The number of nitrogens with zero attached hydrogens (tertiary/aromatic N) is 3. The molecule has 1 N–H and O–H groups in total. The zero-order valence-electron chi connectivity index (χ0n) is 40.3. The number of aromatic nitrogens is 2. The largest absolute Gasteiger partial charge is 1.00 e. The van der Waals surface area contributed by atoms with E-state index in [1.807, 2.05) is 23.6 Å². The number of H-pyrrole nitrogens is 1. The molecule has 0 saturated heterocycles. The molecule has 4 heterocycles. The van der Waals surface area contributed by atoms with Crippen molar-refractivity contribution in [2.45, 2.75) is 73.1 Å². The third kappa shape index (κ3) is 11.5. The van der Waals surface area contributed by atoms with Crippen molar-refractivity contribution in [3.63, 3.8) is 0 Å². The van der Waals surface area contributed by atoms with E-state index in [-0.39, 0.29) is 67.1 Å². The molecular formula is C55H49Cl2F4N4NaO4S2. The number of anilines is 2. The maximum Gasteiger partial charge on any atom is 1.00 e. The summed E-state index contributed by atoms with van der Waals surface area (Å²) in [5.41, 5.74) is 6.90. The van der Waals surface area contributed by atoms with Gasteiger partial charge in [-0.2, -0.15) is 0 Å². The van der Waals surface area contributed by atoms with Gasteiger partial charge in [0, 0.05) is 91.4 Å². The number of aromatic carboxylic acids is 1. The summed E-state index contributed by atoms with van der Waals surface area (Å²) in [7, 11) is 0. The van der Waals surface area contributed by atoms with Crippen LogP contribution in [0.4, 0.5) is 28.9 Å². The summed E-state index contributed by atoms with van der Waals surface area (Å²) in [6.45, 7) is 12.2. The molecule has 0 bridgehead atoms. The van der Waals surface area contributed by atoms with Gasteiger partial charge in [0.1, 0.15) is 5.82 Å². The predicted octanol–water partition coefficient (Wildman–Crippen LogP) is 10.7. The van der Waals surface area contributed by atoms with Crippen LogP contribution in [0.15, 0.2) is 129 Å². The zero-order valence-corrected chi connectivity index (χ0v) is 45.5. The number of carboxylic acids is 1. The van der Waals surface area contributed by atoms with E-state index in [1.54, 1.807) is 38.1 Å². The molecule has 8 nitrogen and oxygen atoms in total. The first-order valence-electron chi connectivity index (χ1n) is 23.1. The number of nitrogens with one attached hydrogen (secondary N) is 1. The van der Waals surface area contributed by atoms with E-state index in [9.17, 15) is 27.9 Å². The molecule has 2 aliphatic heterocycles. The van der Waals surface area contributed by atoms with Gasteiger partial charge in [-0.3, -0.25) is 0 Å². The van der Waals surface area contributed by atoms with Crippen molar-refractivity contribution in [1.82, 2.24) is 9.55 Å². The van der Waals surface area contributed by atoms with Gasteiger partial charge in [-0.25, -0.2) is 22.4 Å². The maximum absolute atomic E-state index is 15.2. The molecule has 0 fully saturated rings. The second-order valence-electron chi connectivity index (χ2n) is 16.9. The van der Waals surface area contributed by atoms with Gasteiger partial charge in [-0.05, 0) is 106 Å². The van der Waals surface area contributed by atoms with Crippen molar-refractivity contribution in [3.05, 3.63) is 176 Å². The van der Waals surface area contributed by atoms with E-state index in [0.717, 1.165) is 48.2 Å². The van der Waals surface area contributed by atoms with E-state index < -0.39 is 40.8 Å². The second kappa shape index (κ2) is 24.3. The normalized spacial score (nSPS) is 12.5. The van der Waals surface area contributed by atoms with Crippen LogP contribution in [0.1, 0.15) is 63.5 Å². The summed E-state index contributed by atoms with van der Waals surface area (Å²) in [5.74, 6) is -4.89. The average molecular weight is 1060 g/mol. The van der Waals surface area contributed by atoms with Gasteiger partial charge >= 0.3 is 35.5 Å². The Balaban J connectivity index is 0.000000175. The standard InChI is InChI=1S/C26H21ClF2N2O2S.C18H14ClF2NO2S.C11H15N.Na/c1-15-25(34-21-8-4-6-17(22(21)28)26(32)33)18-9-10-19(27)23(29)24(18)31(15)14-13-30-12-11-16-5-2-3-7-20(16)30;1-3-24-18(23)10-5-4-6-13(14(10)20)25-17-9(2)22-16-11(17)7-8-12(19)15(16)21;1-2-8-12-9-7-10-5-3-4-6-11(10)12;/h2-10H,11-14H2,1H3,(H,32,33);4-8,22H,3H2,1-2H3;3-6H,2,7-9H2,1H3;/q;;;+1/p-1. The number of esters is 1. The van der Waals surface area contributed by atoms with E-state index in [0.29, 0.717) is 44.9 Å². The first-order chi connectivity index (χ1) is 34.2. The first kappa shape index (κ1) is 54.7. The molecule has 0 spiro atoms. The fraction of sp³-hybridized carbons (Fsp3) is 0.236. The maximum atomic E-state index is 15.2. The van der Waals surface area contributed by atoms with Gasteiger partial charge in [-0.15, -0.1) is 0 Å². The number of hydrogen-bond donors (Lipinski definition) is 1. The minimum absolute atomic E-state index is 0. The summed E-state index contributed by atoms with van der Waals surface area (Å²) in [6.07, 6.45) is 3.45. The van der Waals surface area contributed by atoms with Crippen LogP contribution in [0.25, 0.3) is 21.8 Å². The van der Waals surface area contributed by atoms with Crippen LogP contribution in [-0.2, 0) is 24.1 Å². The van der Waals surface area contributed by atoms with Gasteiger partial charge in [0.15, 0.2) is 17.5 Å². The van der Waals surface area contributed by atoms with Crippen LogP contribution < -0.4 is 44.5 Å². The van der Waals surface area contributed by atoms with E-state index in [1.165, 1.54) is 78.8 Å². The average Bonchev–Trinajstić information content (AvgIpc) is 4.12. The number of fused-ring (bicyclic) bond motifs is 4. The van der Waals surface area contributed by atoms with Gasteiger partial charge in [-0.1, -0.05) is 108 Å². The Morgan fingerprint density at radius 2 is 1.19 bits per heavy atom. The fourth-order valence-corrected chi connectivity index (χ4v) is 11.5. The Kier molecular flexibility index (Phi) is 18.5. The molecule has 0 radical (unpaired) electrons. The van der Waals surface area contributed by atoms with Crippen molar-refractivity contribution < 1.29 is 66.6 Å². The van der Waals surface area contributed by atoms with Crippen LogP contribution in [0.2, 0.25) is 10.0 Å². The SMILES string of the molecule is CCCN1CCc2ccccc21.CCOC(=O)c1cccc(Sc2c(C)[nH]c3c(F)c(Cl)ccc23)c1F.Cc1c(Sc2cccc(C(=O)[O-])c2F)c2ccc(Cl)c(F)c2n1CCN1CCc2ccccc21.[Na+]. The fourth-order valence-electron chi connectivity index (χ4n) is 9.01. The number of carbonyl (C=O) groups excluding carboxylic acids is 2. The van der Waals surface area contributed by atoms with Gasteiger partial charge in [0.05, 0.1) is 39.2 Å². The summed E-state index contributed by atoms with van der Waals surface area (Å²) < 4.78 is 65.7. The molecule has 2 aliphatic rings. The monoisotopic (exact) mass is 1060 g/mol. The third-order valence-corrected chi connectivity index (χ3v) is 15.5. The molecule has 2 aromatic heterocycles. The van der Waals surface area contributed by atoms with Gasteiger partial charge < -0.3 is 34.0 Å². The van der Waals surface area contributed by atoms with E-state index in [4.69, 9.17) is 27.9 Å². The molecule has 17 heteroatoms. The Bertz CT molecular complexity index is 3300. The van der Waals surface area contributed by atoms with Crippen molar-refractivity contribution in [2.75, 3.05) is 42.6 Å². The summed E-state index contributed by atoms with van der Waals surface area (Å²) in [6, 6.07) is 32.0. The molecule has 6 aromatic carbocycles. The first-order valence-corrected chi connectivity index (χ1v) is 25.5. The minimum atomic E-state index is -1.58. The number of halogens is 6. The Hall–Kier alpha value is -5.06. The van der Waals surface area contributed by atoms with Gasteiger partial charge in [0.2, 0.25) is 0 Å². The quantitative estimate of drug-likeness (QED) is 0.0735. The molecule has 0 atom stereocenters. The Morgan fingerprint density at radius 1 is 0.653 bits per heavy atom. The number of ether oxygens (including phenoxy) is 1. The van der Waals surface area contributed by atoms with Crippen molar-refractivity contribution in [2.24, 2.45) is 0 Å². The summed E-state index contributed by atoms with van der Waals surface area (Å²) >= 11 is 14.1. The van der Waals surface area contributed by atoms with Crippen molar-refractivity contribution in [1.29, 1.82) is 0 Å². The molecule has 368 valence electrons. The van der Waals surface area contributed by atoms with Crippen LogP contribution in [0.3, 0.4) is 0 Å². The van der Waals surface area contributed by atoms with Crippen LogP contribution in [0, 0.1) is 37.1 Å². The molecule has 72 heavy (non-hydrogen) atoms. The number of carboxylic acid groups (broad SMARTS) is 1. The summed E-state index contributed by atoms with van der Waals surface area (Å²) in [5, 5.41) is 12.5. The molecule has 0 aliphatic carbocycles. The number of para-hydroxylation sites is 2. The van der Waals surface area contributed by atoms with Gasteiger partial charge in [0.25, 0.3) is 0 Å². The summed E-state index contributed by atoms with van der Waals surface area (Å²) in [4.78, 5) is 32.5. The van der Waals surface area contributed by atoms with Crippen LogP contribution in [0.5, 0.6) is 0 Å². The molecular weight excluding hydrogens is 1010 g/mol.